The lowest BCUT2D eigenvalue weighted by Crippen LogP contribution is -2.06. The Morgan fingerprint density at radius 3 is 2.78 bits per heavy atom. The van der Waals surface area contributed by atoms with Crippen molar-refractivity contribution in [1.29, 1.82) is 0 Å². The number of methoxy groups -OCH3 is 1. The molecule has 0 aliphatic heterocycles. The molecule has 1 saturated carbocycles. The second-order valence-electron chi connectivity index (χ2n) is 4.70. The summed E-state index contributed by atoms with van der Waals surface area (Å²) in [6.45, 7) is 1.40. The molecule has 2 N–H and O–H groups in total. The molecule has 0 radical (unpaired) electrons. The molecule has 18 heavy (non-hydrogen) atoms. The van der Waals surface area contributed by atoms with Gasteiger partial charge in [-0.25, -0.2) is 0 Å². The summed E-state index contributed by atoms with van der Waals surface area (Å²) < 4.78 is 11.3. The van der Waals surface area contributed by atoms with Crippen LogP contribution in [0, 0.1) is 5.92 Å². The van der Waals surface area contributed by atoms with Crippen molar-refractivity contribution in [2.45, 2.75) is 25.7 Å². The highest BCUT2D eigenvalue weighted by Gasteiger charge is 2.24. The van der Waals surface area contributed by atoms with Crippen LogP contribution in [0.15, 0.2) is 12.1 Å². The van der Waals surface area contributed by atoms with Crippen molar-refractivity contribution in [2.24, 2.45) is 11.7 Å². The van der Waals surface area contributed by atoms with Gasteiger partial charge in [-0.05, 0) is 50.3 Å². The molecule has 0 atom stereocenters. The first kappa shape index (κ1) is 13.5. The van der Waals surface area contributed by atoms with E-state index in [0.717, 1.165) is 41.5 Å². The van der Waals surface area contributed by atoms with Gasteiger partial charge in [-0.2, -0.15) is 0 Å². The van der Waals surface area contributed by atoms with Crippen LogP contribution in [0.3, 0.4) is 0 Å². The Balaban J connectivity index is 2.20. The van der Waals surface area contributed by atoms with E-state index in [9.17, 15) is 0 Å². The maximum Gasteiger partial charge on any atom is 0.165 e. The van der Waals surface area contributed by atoms with E-state index < -0.39 is 0 Å². The highest BCUT2D eigenvalue weighted by atomic mass is 35.5. The average molecular weight is 270 g/mol. The molecule has 0 spiro atoms. The van der Waals surface area contributed by atoms with Crippen molar-refractivity contribution in [3.63, 3.8) is 0 Å². The second-order valence-corrected chi connectivity index (χ2v) is 5.11. The molecule has 1 fully saturated rings. The van der Waals surface area contributed by atoms with E-state index in [0.29, 0.717) is 12.5 Å². The molecule has 0 unspecified atom stereocenters. The van der Waals surface area contributed by atoms with Crippen molar-refractivity contribution < 1.29 is 9.47 Å². The van der Waals surface area contributed by atoms with Crippen LogP contribution in [-0.2, 0) is 6.42 Å². The second kappa shape index (κ2) is 6.30. The summed E-state index contributed by atoms with van der Waals surface area (Å²) in [4.78, 5) is 0. The van der Waals surface area contributed by atoms with Crippen molar-refractivity contribution in [1.82, 2.24) is 0 Å². The van der Waals surface area contributed by atoms with Crippen molar-refractivity contribution in [3.05, 3.63) is 22.7 Å². The van der Waals surface area contributed by atoms with E-state index in [4.69, 9.17) is 26.8 Å². The minimum atomic E-state index is 0.648. The van der Waals surface area contributed by atoms with Gasteiger partial charge in [0.1, 0.15) is 0 Å². The van der Waals surface area contributed by atoms with Gasteiger partial charge >= 0.3 is 0 Å². The third-order valence-corrected chi connectivity index (χ3v) is 3.53. The molecule has 1 aromatic rings. The Morgan fingerprint density at radius 2 is 2.17 bits per heavy atom. The van der Waals surface area contributed by atoms with Crippen LogP contribution < -0.4 is 15.2 Å². The zero-order valence-electron chi connectivity index (χ0n) is 10.7. The maximum atomic E-state index is 6.25. The first-order valence-electron chi connectivity index (χ1n) is 6.44. The van der Waals surface area contributed by atoms with Crippen molar-refractivity contribution in [3.8, 4) is 11.5 Å². The molecule has 1 aromatic carbocycles. The Bertz CT molecular complexity index is 405. The fourth-order valence-corrected chi connectivity index (χ4v) is 2.14. The van der Waals surface area contributed by atoms with E-state index in [2.05, 4.69) is 0 Å². The van der Waals surface area contributed by atoms with Gasteiger partial charge in [0.25, 0.3) is 0 Å². The van der Waals surface area contributed by atoms with Crippen LogP contribution in [0.2, 0.25) is 5.02 Å². The smallest absolute Gasteiger partial charge is 0.165 e. The fourth-order valence-electron chi connectivity index (χ4n) is 1.90. The summed E-state index contributed by atoms with van der Waals surface area (Å²) >= 11 is 6.25. The Hall–Kier alpha value is -0.930. The highest BCUT2D eigenvalue weighted by molar-refractivity contribution is 6.31. The number of halogens is 1. The SMILES string of the molecule is COc1ccc(Cl)c(CCCN)c1OCC1CC1. The highest BCUT2D eigenvalue weighted by Crippen LogP contribution is 2.38. The maximum absolute atomic E-state index is 6.25. The largest absolute Gasteiger partial charge is 0.493 e. The van der Waals surface area contributed by atoms with Crippen LogP contribution in [0.4, 0.5) is 0 Å². The van der Waals surface area contributed by atoms with Gasteiger partial charge in [-0.3, -0.25) is 0 Å². The fraction of sp³-hybridized carbons (Fsp3) is 0.571. The van der Waals surface area contributed by atoms with E-state index in [1.807, 2.05) is 12.1 Å². The standard InChI is InChI=1S/C14H20ClNO2/c1-17-13-7-6-12(15)11(3-2-8-16)14(13)18-9-10-4-5-10/h6-7,10H,2-5,8-9,16H2,1H3. The molecule has 1 aliphatic carbocycles. The van der Waals surface area contributed by atoms with E-state index in [-0.39, 0.29) is 0 Å². The number of hydrogen-bond acceptors (Lipinski definition) is 3. The zero-order valence-corrected chi connectivity index (χ0v) is 11.5. The lowest BCUT2D eigenvalue weighted by Gasteiger charge is -2.16. The van der Waals surface area contributed by atoms with Crippen molar-refractivity contribution >= 4 is 11.6 Å². The molecule has 100 valence electrons. The predicted octanol–water partition coefficient (Wildman–Crippen LogP) is 3.03. The Kier molecular flexibility index (Phi) is 4.72. The summed E-state index contributed by atoms with van der Waals surface area (Å²) in [6, 6.07) is 3.72. The van der Waals surface area contributed by atoms with Gasteiger partial charge in [0.05, 0.1) is 13.7 Å². The summed E-state index contributed by atoms with van der Waals surface area (Å²) in [6.07, 6.45) is 4.25. The number of benzene rings is 1. The lowest BCUT2D eigenvalue weighted by molar-refractivity contribution is 0.277. The summed E-state index contributed by atoms with van der Waals surface area (Å²) in [7, 11) is 1.65. The summed E-state index contributed by atoms with van der Waals surface area (Å²) in [5, 5.41) is 0.732. The molecule has 0 amide bonds. The van der Waals surface area contributed by atoms with E-state index >= 15 is 0 Å². The van der Waals surface area contributed by atoms with Gasteiger partial charge < -0.3 is 15.2 Å². The first-order chi connectivity index (χ1) is 8.76. The normalized spacial score (nSPS) is 14.6. The van der Waals surface area contributed by atoms with E-state index in [1.54, 1.807) is 7.11 Å². The van der Waals surface area contributed by atoms with Crippen LogP contribution in [0.1, 0.15) is 24.8 Å². The number of rotatable bonds is 7. The minimum Gasteiger partial charge on any atom is -0.493 e. The minimum absolute atomic E-state index is 0.648. The molecule has 0 heterocycles. The van der Waals surface area contributed by atoms with Gasteiger partial charge in [0.2, 0.25) is 0 Å². The third-order valence-electron chi connectivity index (χ3n) is 3.18. The number of nitrogens with two attached hydrogens (primary N) is 1. The van der Waals surface area contributed by atoms with Gasteiger partial charge in [-0.15, -0.1) is 0 Å². The van der Waals surface area contributed by atoms with Crippen LogP contribution in [0.25, 0.3) is 0 Å². The summed E-state index contributed by atoms with van der Waals surface area (Å²) in [5.74, 6) is 2.26. The third kappa shape index (κ3) is 3.30. The molecular weight excluding hydrogens is 250 g/mol. The average Bonchev–Trinajstić information content (AvgIpc) is 3.19. The predicted molar refractivity (Wildman–Crippen MR) is 73.6 cm³/mol. The zero-order chi connectivity index (χ0) is 13.0. The topological polar surface area (TPSA) is 44.5 Å². The van der Waals surface area contributed by atoms with E-state index in [1.165, 1.54) is 12.8 Å². The number of ether oxygens (including phenoxy) is 2. The van der Waals surface area contributed by atoms with Gasteiger partial charge in [0, 0.05) is 10.6 Å². The summed E-state index contributed by atoms with van der Waals surface area (Å²) in [5.41, 5.74) is 6.58. The molecule has 1 aliphatic rings. The van der Waals surface area contributed by atoms with Crippen LogP contribution in [0.5, 0.6) is 11.5 Å². The quantitative estimate of drug-likeness (QED) is 0.828. The monoisotopic (exact) mass is 269 g/mol. The van der Waals surface area contributed by atoms with Crippen LogP contribution in [-0.4, -0.2) is 20.3 Å². The first-order valence-corrected chi connectivity index (χ1v) is 6.82. The number of hydrogen-bond donors (Lipinski definition) is 1. The molecular formula is C14H20ClNO2. The molecule has 0 bridgehead atoms. The molecule has 0 aromatic heterocycles. The van der Waals surface area contributed by atoms with Gasteiger partial charge in [0.15, 0.2) is 11.5 Å². The molecule has 2 rings (SSSR count). The Labute approximate surface area is 113 Å². The Morgan fingerprint density at radius 1 is 1.39 bits per heavy atom. The van der Waals surface area contributed by atoms with Crippen LogP contribution >= 0.6 is 11.6 Å². The molecule has 4 heteroatoms. The molecule has 0 saturated heterocycles. The van der Waals surface area contributed by atoms with Gasteiger partial charge in [-0.1, -0.05) is 11.6 Å². The van der Waals surface area contributed by atoms with Crippen molar-refractivity contribution in [2.75, 3.05) is 20.3 Å². The molecule has 3 nitrogen and oxygen atoms in total. The lowest BCUT2D eigenvalue weighted by atomic mass is 10.1.